The Bertz CT molecular complexity index is 1710. The number of carbonyl (C=O) groups is 2. The molecule has 1 unspecified atom stereocenters. The second-order valence-electron chi connectivity index (χ2n) is 9.68. The van der Waals surface area contributed by atoms with Crippen LogP contribution in [0.1, 0.15) is 30.7 Å². The Hall–Kier alpha value is -4.74. The Morgan fingerprint density at radius 2 is 1.84 bits per heavy atom. The van der Waals surface area contributed by atoms with Gasteiger partial charge < -0.3 is 30.0 Å². The fraction of sp³-hybridized carbons (Fsp3) is 0.300. The molecule has 3 aromatic rings. The van der Waals surface area contributed by atoms with Crippen molar-refractivity contribution in [1.82, 2.24) is 10.2 Å². The number of methoxy groups -OCH3 is 4. The van der Waals surface area contributed by atoms with Crippen molar-refractivity contribution in [3.8, 4) is 29.1 Å². The number of nitrogens with two attached hydrogens (primary N) is 1. The first-order chi connectivity index (χ1) is 21.3. The molecule has 1 aromatic heterocycles. The maximum absolute atomic E-state index is 13.4. The molecule has 12 nitrogen and oxygen atoms in total. The van der Waals surface area contributed by atoms with Gasteiger partial charge in [-0.05, 0) is 42.7 Å². The predicted octanol–water partition coefficient (Wildman–Crippen LogP) is 4.61. The number of ketones is 1. The van der Waals surface area contributed by atoms with Crippen LogP contribution >= 0.6 is 23.1 Å². The van der Waals surface area contributed by atoms with Crippen LogP contribution in [0.2, 0.25) is 0 Å². The lowest BCUT2D eigenvalue weighted by Gasteiger charge is -2.38. The number of carbonyl (C=O) groups excluding carboxylic acids is 2. The van der Waals surface area contributed by atoms with Gasteiger partial charge in [0.25, 0.3) is 0 Å². The van der Waals surface area contributed by atoms with Gasteiger partial charge in [0.15, 0.2) is 21.6 Å². The highest BCUT2D eigenvalue weighted by Crippen LogP contribution is 2.48. The van der Waals surface area contributed by atoms with Gasteiger partial charge in [0, 0.05) is 23.8 Å². The molecule has 44 heavy (non-hydrogen) atoms. The van der Waals surface area contributed by atoms with Crippen molar-refractivity contribution >= 4 is 45.6 Å². The minimum atomic E-state index is -0.667. The van der Waals surface area contributed by atoms with E-state index in [1.165, 1.54) is 37.3 Å². The molecule has 1 amide bonds. The van der Waals surface area contributed by atoms with E-state index in [4.69, 9.17) is 24.7 Å². The summed E-state index contributed by atoms with van der Waals surface area (Å²) < 4.78 is 21.9. The summed E-state index contributed by atoms with van der Waals surface area (Å²) in [4.78, 5) is 27.8. The van der Waals surface area contributed by atoms with E-state index in [9.17, 15) is 14.9 Å². The lowest BCUT2D eigenvalue weighted by molar-refractivity contribution is -0.116. The van der Waals surface area contributed by atoms with E-state index in [1.54, 1.807) is 49.5 Å². The van der Waals surface area contributed by atoms with Gasteiger partial charge in [0.2, 0.25) is 11.0 Å². The molecule has 2 aliphatic rings. The second-order valence-corrected chi connectivity index (χ2v) is 11.9. The summed E-state index contributed by atoms with van der Waals surface area (Å²) in [5.41, 5.74) is 9.29. The van der Waals surface area contributed by atoms with Crippen LogP contribution in [0, 0.1) is 11.3 Å². The zero-order valence-electron chi connectivity index (χ0n) is 24.5. The fourth-order valence-electron chi connectivity index (χ4n) is 5.24. The zero-order valence-corrected chi connectivity index (χ0v) is 26.1. The highest BCUT2D eigenvalue weighted by molar-refractivity contribution is 8.01. The highest BCUT2D eigenvalue weighted by atomic mass is 32.2. The molecule has 1 aliphatic heterocycles. The van der Waals surface area contributed by atoms with Gasteiger partial charge in [-0.25, -0.2) is 0 Å². The molecule has 0 saturated heterocycles. The Labute approximate surface area is 262 Å². The molecule has 0 saturated carbocycles. The Balaban J connectivity index is 1.41. The number of nitriles is 1. The second kappa shape index (κ2) is 13.3. The van der Waals surface area contributed by atoms with E-state index in [0.29, 0.717) is 74.3 Å². The largest absolute Gasteiger partial charge is 0.497 e. The van der Waals surface area contributed by atoms with Crippen molar-refractivity contribution in [2.75, 3.05) is 44.4 Å². The standard InChI is InChI=1S/C30H30N6O6S2/c1-39-17-9-10-19(23(13-17)41-3)33-25(38)15-43-30-35-34-29(44-30)36-20-6-5-7-21(37)27(20)26(18(14-31)28(36)32)16-8-11-22(40-2)24(12-16)42-4/h8-13,26H,5-7,15,32H2,1-4H3,(H,33,38). The molecule has 5 rings (SSSR count). The first kappa shape index (κ1) is 30.7. The molecular formula is C30H30N6O6S2. The third-order valence-electron chi connectivity index (χ3n) is 7.25. The number of aromatic nitrogens is 2. The van der Waals surface area contributed by atoms with Crippen LogP contribution in [-0.4, -0.2) is 56.1 Å². The number of thioether (sulfide) groups is 1. The molecular weight excluding hydrogens is 605 g/mol. The van der Waals surface area contributed by atoms with Crippen LogP contribution in [0.3, 0.4) is 0 Å². The molecule has 1 atom stereocenters. The van der Waals surface area contributed by atoms with Crippen LogP contribution < -0.4 is 34.9 Å². The molecule has 0 radical (unpaired) electrons. The molecule has 0 spiro atoms. The summed E-state index contributed by atoms with van der Waals surface area (Å²) in [6.45, 7) is 0. The van der Waals surface area contributed by atoms with Crippen LogP contribution in [-0.2, 0) is 9.59 Å². The lowest BCUT2D eigenvalue weighted by atomic mass is 9.75. The first-order valence-electron chi connectivity index (χ1n) is 13.5. The van der Waals surface area contributed by atoms with Crippen molar-refractivity contribution in [2.24, 2.45) is 5.73 Å². The van der Waals surface area contributed by atoms with E-state index in [0.717, 1.165) is 0 Å². The SMILES string of the molecule is COc1ccc(NC(=O)CSc2nnc(N3C(N)=C(C#N)C(c4ccc(OC)c(OC)c4)C4=C3CCCC4=O)s2)c(OC)c1. The average molecular weight is 635 g/mol. The van der Waals surface area contributed by atoms with Crippen molar-refractivity contribution in [3.05, 3.63) is 64.6 Å². The molecule has 228 valence electrons. The van der Waals surface area contributed by atoms with Gasteiger partial charge in [-0.2, -0.15) is 5.26 Å². The van der Waals surface area contributed by atoms with E-state index in [-0.39, 0.29) is 28.8 Å². The topological polar surface area (TPSA) is 162 Å². The van der Waals surface area contributed by atoms with Crippen molar-refractivity contribution in [1.29, 1.82) is 5.26 Å². The maximum Gasteiger partial charge on any atom is 0.234 e. The number of anilines is 2. The normalized spacial score (nSPS) is 16.3. The van der Waals surface area contributed by atoms with Crippen LogP contribution in [0.25, 0.3) is 0 Å². The maximum atomic E-state index is 13.4. The number of ether oxygens (including phenoxy) is 4. The number of amides is 1. The van der Waals surface area contributed by atoms with Crippen molar-refractivity contribution < 1.29 is 28.5 Å². The van der Waals surface area contributed by atoms with Gasteiger partial charge in [0.05, 0.1) is 57.4 Å². The predicted molar refractivity (Wildman–Crippen MR) is 166 cm³/mol. The number of allylic oxidation sites excluding steroid dienone is 3. The van der Waals surface area contributed by atoms with Crippen LogP contribution in [0.5, 0.6) is 23.0 Å². The quantitative estimate of drug-likeness (QED) is 0.298. The van der Waals surface area contributed by atoms with Gasteiger partial charge in [-0.1, -0.05) is 29.2 Å². The molecule has 14 heteroatoms. The summed E-state index contributed by atoms with van der Waals surface area (Å²) >= 11 is 2.43. The number of hydrogen-bond donors (Lipinski definition) is 2. The molecule has 2 aromatic carbocycles. The average Bonchev–Trinajstić information content (AvgIpc) is 3.51. The number of nitrogens with one attached hydrogen (secondary N) is 1. The van der Waals surface area contributed by atoms with Gasteiger partial charge in [0.1, 0.15) is 17.3 Å². The Morgan fingerprint density at radius 1 is 1.07 bits per heavy atom. The summed E-state index contributed by atoms with van der Waals surface area (Å²) in [7, 11) is 6.13. The third-order valence-corrected chi connectivity index (χ3v) is 9.29. The van der Waals surface area contributed by atoms with Gasteiger partial charge in [-0.15, -0.1) is 10.2 Å². The summed E-state index contributed by atoms with van der Waals surface area (Å²) in [6.07, 6.45) is 1.57. The highest BCUT2D eigenvalue weighted by Gasteiger charge is 2.41. The van der Waals surface area contributed by atoms with Crippen LogP contribution in [0.4, 0.5) is 10.8 Å². The third kappa shape index (κ3) is 5.88. The number of hydrogen-bond acceptors (Lipinski definition) is 13. The van der Waals surface area contributed by atoms with Gasteiger partial charge in [-0.3, -0.25) is 14.5 Å². The van der Waals surface area contributed by atoms with E-state index in [2.05, 4.69) is 21.6 Å². The fourth-order valence-corrected chi connectivity index (χ4v) is 6.92. The zero-order chi connectivity index (χ0) is 31.4. The van der Waals surface area contributed by atoms with E-state index >= 15 is 0 Å². The number of Topliss-reactive ketones (excluding diaryl/α,β-unsaturated/α-hetero) is 1. The molecule has 0 fully saturated rings. The molecule has 2 heterocycles. The lowest BCUT2D eigenvalue weighted by Crippen LogP contribution is -2.38. The molecule has 3 N–H and O–H groups in total. The smallest absolute Gasteiger partial charge is 0.234 e. The Kier molecular flexibility index (Phi) is 9.26. The number of rotatable bonds is 10. The van der Waals surface area contributed by atoms with Crippen molar-refractivity contribution in [3.63, 3.8) is 0 Å². The summed E-state index contributed by atoms with van der Waals surface area (Å²) in [6, 6.07) is 12.7. The Morgan fingerprint density at radius 3 is 2.55 bits per heavy atom. The monoisotopic (exact) mass is 634 g/mol. The molecule has 0 bridgehead atoms. The van der Waals surface area contributed by atoms with Crippen LogP contribution in [0.15, 0.2) is 63.4 Å². The van der Waals surface area contributed by atoms with Gasteiger partial charge >= 0.3 is 0 Å². The van der Waals surface area contributed by atoms with E-state index in [1.807, 2.05) is 6.07 Å². The summed E-state index contributed by atoms with van der Waals surface area (Å²) in [5, 5.41) is 22.1. The first-order valence-corrected chi connectivity index (χ1v) is 15.3. The minimum absolute atomic E-state index is 0.0546. The van der Waals surface area contributed by atoms with E-state index < -0.39 is 5.92 Å². The number of nitrogens with zero attached hydrogens (tertiary/aromatic N) is 4. The number of benzene rings is 2. The minimum Gasteiger partial charge on any atom is -0.497 e. The van der Waals surface area contributed by atoms with Crippen molar-refractivity contribution in [2.45, 2.75) is 29.5 Å². The molecule has 1 aliphatic carbocycles. The summed E-state index contributed by atoms with van der Waals surface area (Å²) in [5.74, 6) is 1.34.